The number of carboxylic acids is 1. The van der Waals surface area contributed by atoms with Crippen LogP contribution < -0.4 is 0 Å². The second-order valence-corrected chi connectivity index (χ2v) is 11.6. The van der Waals surface area contributed by atoms with Crippen LogP contribution in [0.15, 0.2) is 0 Å². The van der Waals surface area contributed by atoms with E-state index in [1.807, 2.05) is 0 Å². The van der Waals surface area contributed by atoms with E-state index in [1.54, 1.807) is 0 Å². The van der Waals surface area contributed by atoms with Crippen LogP contribution in [-0.2, 0) is 4.79 Å². The van der Waals surface area contributed by atoms with Gasteiger partial charge in [-0.05, 0) is 97.2 Å². The average Bonchev–Trinajstić information content (AvgIpc) is 3.01. The van der Waals surface area contributed by atoms with Crippen molar-refractivity contribution in [2.75, 3.05) is 0 Å². The number of rotatable bonds is 4. The first-order valence-corrected chi connectivity index (χ1v) is 12.1. The van der Waals surface area contributed by atoms with Gasteiger partial charge < -0.3 is 10.2 Å². The van der Waals surface area contributed by atoms with Crippen molar-refractivity contribution >= 4 is 5.97 Å². The van der Waals surface area contributed by atoms with Crippen molar-refractivity contribution in [2.45, 2.75) is 98.0 Å². The summed E-state index contributed by atoms with van der Waals surface area (Å²) in [5.41, 5.74) is 0.716. The summed E-state index contributed by atoms with van der Waals surface area (Å²) in [5.74, 6) is 3.34. The maximum Gasteiger partial charge on any atom is 0.303 e. The van der Waals surface area contributed by atoms with E-state index >= 15 is 0 Å². The molecule has 7 unspecified atom stereocenters. The Kier molecular flexibility index (Phi) is 5.39. The number of hydrogen-bond acceptors (Lipinski definition) is 2. The van der Waals surface area contributed by atoms with Gasteiger partial charge in [0, 0.05) is 6.42 Å². The lowest BCUT2D eigenvalue weighted by Gasteiger charge is -2.64. The van der Waals surface area contributed by atoms with Crippen LogP contribution in [0.25, 0.3) is 0 Å². The fourth-order valence-electron chi connectivity index (χ4n) is 9.27. The summed E-state index contributed by atoms with van der Waals surface area (Å²) >= 11 is 0. The van der Waals surface area contributed by atoms with Crippen LogP contribution >= 0.6 is 0 Å². The fourth-order valence-corrected chi connectivity index (χ4v) is 9.27. The highest BCUT2D eigenvalue weighted by atomic mass is 16.4. The minimum absolute atomic E-state index is 0.140. The monoisotopic (exact) mass is 390 g/mol. The predicted molar refractivity (Wildman–Crippen MR) is 112 cm³/mol. The van der Waals surface area contributed by atoms with Gasteiger partial charge in [0.15, 0.2) is 0 Å². The Morgan fingerprint density at radius 3 is 2.43 bits per heavy atom. The Balaban J connectivity index is 1.59. The van der Waals surface area contributed by atoms with Crippen LogP contribution in [0.4, 0.5) is 0 Å². The first-order chi connectivity index (χ1) is 13.2. The number of carboxylic acid groups (broad SMARTS) is 1. The molecule has 3 nitrogen and oxygen atoms in total. The first kappa shape index (κ1) is 20.7. The molecule has 0 aromatic rings. The molecular formula is C25H42O3. The van der Waals surface area contributed by atoms with E-state index in [1.165, 1.54) is 51.4 Å². The van der Waals surface area contributed by atoms with Crippen molar-refractivity contribution in [2.24, 2.45) is 52.3 Å². The molecule has 2 N–H and O–H groups in total. The van der Waals surface area contributed by atoms with Crippen molar-refractivity contribution in [1.82, 2.24) is 0 Å². The van der Waals surface area contributed by atoms with Crippen LogP contribution in [0.1, 0.15) is 91.9 Å². The SMILES string of the molecule is C[C@H]1C(O)C2C3CCC([C@H](C)CCC(=O)O)C3(C)CC[C@@H]2C2(C)CCCCC12. The molecule has 0 aromatic carbocycles. The standard InChI is InChI=1S/C25H42O3/c1-15(8-11-21(26)27)17-9-10-19-22-20(12-14-25(17,19)4)24(3)13-6-5-7-18(24)16(2)23(22)28/h15-20,22-23,28H,5-14H2,1-4H3,(H,26,27)/t15-,16-,17?,18?,19?,20+,22?,23?,24?,25?/m1/s1. The lowest BCUT2D eigenvalue weighted by molar-refractivity contribution is -0.190. The van der Waals surface area contributed by atoms with Gasteiger partial charge in [-0.15, -0.1) is 0 Å². The molecule has 4 fully saturated rings. The summed E-state index contributed by atoms with van der Waals surface area (Å²) in [4.78, 5) is 11.1. The molecule has 0 radical (unpaired) electrons. The van der Waals surface area contributed by atoms with E-state index in [9.17, 15) is 9.90 Å². The molecule has 4 rings (SSSR count). The number of hydrogen-bond donors (Lipinski definition) is 2. The number of fused-ring (bicyclic) bond motifs is 5. The third kappa shape index (κ3) is 2.97. The molecule has 0 spiro atoms. The maximum absolute atomic E-state index is 11.5. The largest absolute Gasteiger partial charge is 0.481 e. The minimum Gasteiger partial charge on any atom is -0.481 e. The summed E-state index contributed by atoms with van der Waals surface area (Å²) in [5, 5.41) is 20.6. The topological polar surface area (TPSA) is 57.5 Å². The maximum atomic E-state index is 11.5. The van der Waals surface area contributed by atoms with Crippen molar-refractivity contribution in [3.63, 3.8) is 0 Å². The molecule has 160 valence electrons. The molecule has 4 saturated carbocycles. The molecule has 10 atom stereocenters. The summed E-state index contributed by atoms with van der Waals surface area (Å²) in [6.07, 6.45) is 11.4. The Morgan fingerprint density at radius 2 is 1.71 bits per heavy atom. The van der Waals surface area contributed by atoms with E-state index in [-0.39, 0.29) is 11.5 Å². The van der Waals surface area contributed by atoms with Gasteiger partial charge in [-0.1, -0.05) is 40.5 Å². The fraction of sp³-hybridized carbons (Fsp3) is 0.960. The third-order valence-electron chi connectivity index (χ3n) is 10.6. The third-order valence-corrected chi connectivity index (χ3v) is 10.6. The Labute approximate surface area is 171 Å². The molecule has 0 aliphatic heterocycles. The van der Waals surface area contributed by atoms with Crippen LogP contribution in [0, 0.1) is 52.3 Å². The van der Waals surface area contributed by atoms with Gasteiger partial charge in [-0.2, -0.15) is 0 Å². The van der Waals surface area contributed by atoms with Gasteiger partial charge in [0.2, 0.25) is 0 Å². The van der Waals surface area contributed by atoms with Crippen LogP contribution in [-0.4, -0.2) is 22.3 Å². The molecule has 4 aliphatic carbocycles. The van der Waals surface area contributed by atoms with Crippen molar-refractivity contribution in [1.29, 1.82) is 0 Å². The van der Waals surface area contributed by atoms with Crippen LogP contribution in [0.3, 0.4) is 0 Å². The van der Waals surface area contributed by atoms with E-state index in [0.717, 1.165) is 6.42 Å². The zero-order valence-electron chi connectivity index (χ0n) is 18.5. The van der Waals surface area contributed by atoms with Gasteiger partial charge in [-0.25, -0.2) is 0 Å². The van der Waals surface area contributed by atoms with Crippen molar-refractivity contribution in [3.05, 3.63) is 0 Å². The molecule has 3 heteroatoms. The van der Waals surface area contributed by atoms with E-state index in [2.05, 4.69) is 27.7 Å². The van der Waals surface area contributed by atoms with E-state index in [4.69, 9.17) is 5.11 Å². The van der Waals surface area contributed by atoms with E-state index < -0.39 is 5.97 Å². The van der Waals surface area contributed by atoms with Gasteiger partial charge in [0.1, 0.15) is 0 Å². The predicted octanol–water partition coefficient (Wildman–Crippen LogP) is 5.75. The second kappa shape index (κ2) is 7.29. The van der Waals surface area contributed by atoms with Crippen LogP contribution in [0.5, 0.6) is 0 Å². The van der Waals surface area contributed by atoms with Gasteiger partial charge in [0.05, 0.1) is 6.10 Å². The summed E-state index contributed by atoms with van der Waals surface area (Å²) in [6.45, 7) is 9.69. The number of carbonyl (C=O) groups is 1. The number of aliphatic hydroxyl groups is 1. The zero-order valence-corrected chi connectivity index (χ0v) is 18.5. The smallest absolute Gasteiger partial charge is 0.303 e. The van der Waals surface area contributed by atoms with E-state index in [0.29, 0.717) is 53.3 Å². The number of aliphatic hydroxyl groups excluding tert-OH is 1. The molecule has 0 bridgehead atoms. The molecule has 0 aromatic heterocycles. The van der Waals surface area contributed by atoms with Crippen molar-refractivity contribution in [3.8, 4) is 0 Å². The highest BCUT2D eigenvalue weighted by Gasteiger charge is 2.63. The van der Waals surface area contributed by atoms with Crippen molar-refractivity contribution < 1.29 is 15.0 Å². The molecule has 0 amide bonds. The minimum atomic E-state index is -0.664. The Hall–Kier alpha value is -0.570. The Morgan fingerprint density at radius 1 is 1.00 bits per heavy atom. The summed E-state index contributed by atoms with van der Waals surface area (Å²) < 4.78 is 0. The molecular weight excluding hydrogens is 348 g/mol. The highest BCUT2D eigenvalue weighted by molar-refractivity contribution is 5.66. The number of aliphatic carboxylic acids is 1. The lowest BCUT2D eigenvalue weighted by atomic mass is 9.42. The van der Waals surface area contributed by atoms with Gasteiger partial charge in [0.25, 0.3) is 0 Å². The first-order valence-electron chi connectivity index (χ1n) is 12.1. The lowest BCUT2D eigenvalue weighted by Crippen LogP contribution is -2.60. The Bertz CT molecular complexity index is 603. The molecule has 0 saturated heterocycles. The zero-order chi connectivity index (χ0) is 20.3. The normalized spacial score (nSPS) is 51.7. The average molecular weight is 391 g/mol. The summed E-state index contributed by atoms with van der Waals surface area (Å²) in [6, 6.07) is 0. The van der Waals surface area contributed by atoms with Crippen LogP contribution in [0.2, 0.25) is 0 Å². The molecule has 0 heterocycles. The van der Waals surface area contributed by atoms with Gasteiger partial charge in [-0.3, -0.25) is 4.79 Å². The highest BCUT2D eigenvalue weighted by Crippen LogP contribution is 2.69. The molecule has 4 aliphatic rings. The second-order valence-electron chi connectivity index (χ2n) is 11.6. The van der Waals surface area contributed by atoms with Gasteiger partial charge >= 0.3 is 5.97 Å². The quantitative estimate of drug-likeness (QED) is 0.642. The molecule has 28 heavy (non-hydrogen) atoms. The summed E-state index contributed by atoms with van der Waals surface area (Å²) in [7, 11) is 0.